The Morgan fingerprint density at radius 1 is 1.15 bits per heavy atom. The van der Waals surface area contributed by atoms with Crippen molar-refractivity contribution in [1.82, 2.24) is 15.1 Å². The van der Waals surface area contributed by atoms with Gasteiger partial charge in [0.05, 0.1) is 5.92 Å². The summed E-state index contributed by atoms with van der Waals surface area (Å²) in [6.07, 6.45) is 5.75. The fourth-order valence-electron chi connectivity index (χ4n) is 5.00. The Hall–Kier alpha value is -1.88. The van der Waals surface area contributed by atoms with Gasteiger partial charge in [-0.15, -0.1) is 0 Å². The zero-order chi connectivity index (χ0) is 17.9. The first kappa shape index (κ1) is 17.5. The molecule has 3 saturated heterocycles. The van der Waals surface area contributed by atoms with E-state index in [9.17, 15) is 9.59 Å². The van der Waals surface area contributed by atoms with Crippen LogP contribution in [-0.4, -0.2) is 53.8 Å². The van der Waals surface area contributed by atoms with E-state index in [4.69, 9.17) is 0 Å². The van der Waals surface area contributed by atoms with Gasteiger partial charge in [-0.3, -0.25) is 14.5 Å². The van der Waals surface area contributed by atoms with Crippen molar-refractivity contribution < 1.29 is 9.59 Å². The van der Waals surface area contributed by atoms with E-state index in [0.717, 1.165) is 45.3 Å². The van der Waals surface area contributed by atoms with Crippen LogP contribution in [0.4, 0.5) is 0 Å². The van der Waals surface area contributed by atoms with Gasteiger partial charge in [0.1, 0.15) is 0 Å². The summed E-state index contributed by atoms with van der Waals surface area (Å²) in [5.74, 6) is 0.559. The van der Waals surface area contributed by atoms with Crippen LogP contribution >= 0.6 is 0 Å². The van der Waals surface area contributed by atoms with Crippen LogP contribution in [0.1, 0.15) is 50.1 Å². The van der Waals surface area contributed by atoms with E-state index in [2.05, 4.69) is 40.5 Å². The number of carbonyl (C=O) groups is 2. The molecule has 0 aliphatic carbocycles. The Morgan fingerprint density at radius 2 is 2.00 bits per heavy atom. The van der Waals surface area contributed by atoms with Crippen LogP contribution in [0.25, 0.3) is 0 Å². The summed E-state index contributed by atoms with van der Waals surface area (Å²) in [7, 11) is 0. The van der Waals surface area contributed by atoms with Crippen LogP contribution in [0.2, 0.25) is 0 Å². The topological polar surface area (TPSA) is 52.7 Å². The van der Waals surface area contributed by atoms with Crippen molar-refractivity contribution in [2.75, 3.05) is 26.2 Å². The minimum Gasteiger partial charge on any atom is -0.356 e. The van der Waals surface area contributed by atoms with Gasteiger partial charge in [0.25, 0.3) is 0 Å². The molecular weight excluding hydrogens is 326 g/mol. The zero-order valence-corrected chi connectivity index (χ0v) is 15.4. The highest BCUT2D eigenvalue weighted by atomic mass is 16.2. The molecule has 0 aromatic heterocycles. The van der Waals surface area contributed by atoms with Crippen molar-refractivity contribution >= 4 is 11.8 Å². The Bertz CT molecular complexity index is 648. The molecule has 3 atom stereocenters. The van der Waals surface area contributed by atoms with Crippen molar-refractivity contribution in [2.45, 2.75) is 50.6 Å². The Morgan fingerprint density at radius 3 is 2.77 bits per heavy atom. The summed E-state index contributed by atoms with van der Waals surface area (Å²) in [6, 6.07) is 11.4. The molecule has 0 spiro atoms. The second-order valence-electron chi connectivity index (χ2n) is 7.85. The van der Waals surface area contributed by atoms with Crippen LogP contribution in [0.15, 0.2) is 30.3 Å². The highest BCUT2D eigenvalue weighted by Crippen LogP contribution is 2.44. The van der Waals surface area contributed by atoms with E-state index < -0.39 is 0 Å². The average molecular weight is 355 g/mol. The maximum Gasteiger partial charge on any atom is 0.224 e. The predicted octanol–water partition coefficient (Wildman–Crippen LogP) is 2.34. The predicted molar refractivity (Wildman–Crippen MR) is 100 cm³/mol. The number of fused-ring (bicyclic) bond motifs is 1. The lowest BCUT2D eigenvalue weighted by Crippen LogP contribution is -2.38. The third-order valence-electron chi connectivity index (χ3n) is 6.28. The van der Waals surface area contributed by atoms with Gasteiger partial charge < -0.3 is 10.2 Å². The minimum atomic E-state index is 0.0936. The van der Waals surface area contributed by atoms with Crippen molar-refractivity contribution in [3.05, 3.63) is 35.9 Å². The molecule has 0 saturated carbocycles. The lowest BCUT2D eigenvalue weighted by atomic mass is 9.93. The molecule has 5 heteroatoms. The molecular formula is C21H29N3O2. The Labute approximate surface area is 155 Å². The normalized spacial score (nSPS) is 28.5. The number of amides is 2. The number of rotatable bonds is 6. The van der Waals surface area contributed by atoms with E-state index in [1.165, 1.54) is 12.0 Å². The summed E-state index contributed by atoms with van der Waals surface area (Å²) < 4.78 is 0. The molecule has 1 N–H and O–H groups in total. The Balaban J connectivity index is 1.30. The third-order valence-corrected chi connectivity index (χ3v) is 6.28. The smallest absolute Gasteiger partial charge is 0.224 e. The summed E-state index contributed by atoms with van der Waals surface area (Å²) in [6.45, 7) is 3.42. The molecule has 5 nitrogen and oxygen atoms in total. The van der Waals surface area contributed by atoms with Gasteiger partial charge in [0.15, 0.2) is 0 Å². The number of benzene rings is 1. The molecule has 3 heterocycles. The molecule has 0 bridgehead atoms. The first-order valence-electron chi connectivity index (χ1n) is 10.1. The molecule has 3 aliphatic rings. The summed E-state index contributed by atoms with van der Waals surface area (Å²) >= 11 is 0. The van der Waals surface area contributed by atoms with E-state index >= 15 is 0 Å². The van der Waals surface area contributed by atoms with Crippen LogP contribution < -0.4 is 5.32 Å². The largest absolute Gasteiger partial charge is 0.356 e. The fraction of sp³-hybridized carbons (Fsp3) is 0.619. The van der Waals surface area contributed by atoms with E-state index in [1.807, 2.05) is 4.90 Å². The fourth-order valence-corrected chi connectivity index (χ4v) is 5.00. The monoisotopic (exact) mass is 355 g/mol. The molecule has 140 valence electrons. The molecule has 1 aromatic rings. The number of hydrogen-bond donors (Lipinski definition) is 1. The summed E-state index contributed by atoms with van der Waals surface area (Å²) in [5.41, 5.74) is 1.34. The van der Waals surface area contributed by atoms with Crippen molar-refractivity contribution in [2.24, 2.45) is 5.92 Å². The van der Waals surface area contributed by atoms with Crippen LogP contribution in [-0.2, 0) is 9.59 Å². The first-order chi connectivity index (χ1) is 12.7. The van der Waals surface area contributed by atoms with Gasteiger partial charge in [-0.05, 0) is 44.2 Å². The maximum atomic E-state index is 12.8. The zero-order valence-electron chi connectivity index (χ0n) is 15.4. The second-order valence-corrected chi connectivity index (χ2v) is 7.85. The number of nitrogens with zero attached hydrogens (tertiary/aromatic N) is 2. The molecule has 0 unspecified atom stereocenters. The highest BCUT2D eigenvalue weighted by molar-refractivity contribution is 5.80. The molecule has 26 heavy (non-hydrogen) atoms. The second kappa shape index (κ2) is 7.78. The van der Waals surface area contributed by atoms with Crippen molar-refractivity contribution in [1.29, 1.82) is 0 Å². The van der Waals surface area contributed by atoms with E-state index in [-0.39, 0.29) is 17.7 Å². The SMILES string of the molecule is O=C(NCCCN1CCCC1=O)[C@H]1C[C@@H](c2ccccc2)N2CCC[C@H]12. The first-order valence-corrected chi connectivity index (χ1v) is 10.1. The molecule has 1 aromatic carbocycles. The van der Waals surface area contributed by atoms with Crippen LogP contribution in [0.5, 0.6) is 0 Å². The summed E-state index contributed by atoms with van der Waals surface area (Å²) in [5, 5.41) is 3.14. The van der Waals surface area contributed by atoms with Gasteiger partial charge in [0, 0.05) is 38.1 Å². The molecule has 4 rings (SSSR count). The Kier molecular flexibility index (Phi) is 5.25. The van der Waals surface area contributed by atoms with Crippen molar-refractivity contribution in [3.8, 4) is 0 Å². The quantitative estimate of drug-likeness (QED) is 0.797. The van der Waals surface area contributed by atoms with Gasteiger partial charge in [-0.1, -0.05) is 30.3 Å². The summed E-state index contributed by atoms with van der Waals surface area (Å²) in [4.78, 5) is 28.9. The average Bonchev–Trinajstić information content (AvgIpc) is 3.36. The van der Waals surface area contributed by atoms with Gasteiger partial charge in [-0.25, -0.2) is 0 Å². The minimum absolute atomic E-state index is 0.0936. The standard InChI is InChI=1S/C21H29N3O2/c25-20-10-5-12-23(20)13-6-11-22-21(26)17-15-19(16-7-2-1-3-8-16)24-14-4-9-18(17)24/h1-3,7-8,17-19H,4-6,9-15H2,(H,22,26)/t17-,18+,19-/m0/s1. The van der Waals surface area contributed by atoms with Crippen molar-refractivity contribution in [3.63, 3.8) is 0 Å². The lowest BCUT2D eigenvalue weighted by molar-refractivity contribution is -0.127. The number of likely N-dealkylation sites (tertiary alicyclic amines) is 1. The number of nitrogens with one attached hydrogen (secondary N) is 1. The molecule has 0 radical (unpaired) electrons. The number of carbonyl (C=O) groups excluding carboxylic acids is 2. The van der Waals surface area contributed by atoms with E-state index in [0.29, 0.717) is 25.0 Å². The van der Waals surface area contributed by atoms with Crippen LogP contribution in [0.3, 0.4) is 0 Å². The number of hydrogen-bond acceptors (Lipinski definition) is 3. The van der Waals surface area contributed by atoms with Gasteiger partial charge >= 0.3 is 0 Å². The third kappa shape index (κ3) is 3.50. The molecule has 3 fully saturated rings. The van der Waals surface area contributed by atoms with Gasteiger partial charge in [-0.2, -0.15) is 0 Å². The molecule has 2 amide bonds. The van der Waals surface area contributed by atoms with Crippen LogP contribution in [0, 0.1) is 5.92 Å². The highest BCUT2D eigenvalue weighted by Gasteiger charge is 2.46. The van der Waals surface area contributed by atoms with E-state index in [1.54, 1.807) is 0 Å². The maximum absolute atomic E-state index is 12.8. The molecule has 3 aliphatic heterocycles. The van der Waals surface area contributed by atoms with Gasteiger partial charge in [0.2, 0.25) is 11.8 Å². The lowest BCUT2D eigenvalue weighted by Gasteiger charge is -2.24.